The topological polar surface area (TPSA) is 222 Å². The van der Waals surface area contributed by atoms with Gasteiger partial charge in [0.05, 0.1) is 34.9 Å². The van der Waals surface area contributed by atoms with Crippen LogP contribution in [0.25, 0.3) is 0 Å². The van der Waals surface area contributed by atoms with Crippen molar-refractivity contribution in [3.8, 4) is 0 Å². The normalized spacial score (nSPS) is 55.9. The van der Waals surface area contributed by atoms with E-state index in [4.69, 9.17) is 23.7 Å². The summed E-state index contributed by atoms with van der Waals surface area (Å²) in [4.78, 5) is 25.7. The van der Waals surface area contributed by atoms with Gasteiger partial charge in [0.15, 0.2) is 12.6 Å². The number of aldehydes is 1. The molecule has 0 unspecified atom stereocenters. The maximum absolute atomic E-state index is 13.8. The minimum absolute atomic E-state index is 0.0393. The third-order valence-electron chi connectivity index (χ3n) is 14.1. The van der Waals surface area contributed by atoms with Crippen molar-refractivity contribution in [3.05, 3.63) is 11.6 Å². The average molecular weight is 697 g/mol. The van der Waals surface area contributed by atoms with E-state index in [1.54, 1.807) is 19.9 Å². The molecular weight excluding hydrogens is 644 g/mol. The molecule has 3 heterocycles. The molecule has 276 valence electrons. The van der Waals surface area contributed by atoms with Gasteiger partial charge in [0.1, 0.15) is 49.5 Å². The molecule has 7 rings (SSSR count). The van der Waals surface area contributed by atoms with Crippen LogP contribution in [0.2, 0.25) is 0 Å². The summed E-state index contributed by atoms with van der Waals surface area (Å²) in [5, 5.41) is 76.2. The minimum atomic E-state index is -1.62. The van der Waals surface area contributed by atoms with Crippen molar-refractivity contribution in [3.63, 3.8) is 0 Å². The third-order valence-corrected chi connectivity index (χ3v) is 14.1. The van der Waals surface area contributed by atoms with E-state index < -0.39 is 89.5 Å². The van der Waals surface area contributed by atoms with Crippen molar-refractivity contribution < 1.29 is 69.0 Å². The lowest BCUT2D eigenvalue weighted by Crippen LogP contribution is -2.71. The number of ether oxygens (including phenoxy) is 5. The molecule has 3 aliphatic heterocycles. The van der Waals surface area contributed by atoms with Crippen LogP contribution in [0.3, 0.4) is 0 Å². The molecule has 4 aliphatic carbocycles. The van der Waals surface area contributed by atoms with Gasteiger partial charge in [-0.1, -0.05) is 6.92 Å². The highest BCUT2D eigenvalue weighted by molar-refractivity contribution is 5.85. The van der Waals surface area contributed by atoms with Gasteiger partial charge >= 0.3 is 5.97 Å². The Morgan fingerprint density at radius 2 is 1.43 bits per heavy atom. The van der Waals surface area contributed by atoms with Crippen LogP contribution in [-0.4, -0.2) is 133 Å². The molecule has 0 spiro atoms. The van der Waals surface area contributed by atoms with E-state index in [1.165, 1.54) is 0 Å². The number of carbonyl (C=O) groups excluding carboxylic acids is 2. The number of aliphatic hydroxyl groups is 7. The Morgan fingerprint density at radius 1 is 0.796 bits per heavy atom. The molecule has 14 heteroatoms. The largest absolute Gasteiger partial charge is 0.458 e. The first kappa shape index (κ1) is 35.8. The van der Waals surface area contributed by atoms with Gasteiger partial charge in [-0.3, -0.25) is 0 Å². The van der Waals surface area contributed by atoms with Gasteiger partial charge < -0.3 is 64.2 Å². The molecule has 0 aromatic rings. The first-order valence-corrected chi connectivity index (χ1v) is 17.9. The lowest BCUT2D eigenvalue weighted by Gasteiger charge is -2.66. The quantitative estimate of drug-likeness (QED) is 0.107. The molecule has 7 aliphatic rings. The standard InChI is InChI=1S/C35H52O14/c1-16-24(38)26(40)28(42)30(46-16)48-19-4-9-33(15-36)21-5-8-32(3)20(18-12-23(37)45-14-18)7-11-35(32,44)22(21)6-10-34(33,13-19)49-31-29(43)27(41)25(39)17(2)47-31/h12,15-17,19-22,24-31,38-44H,4-11,13-14H2,1-3H3/t16-,17+,19+,20-,21+,22+,24-,25+,26+,27-,28+,29-,30-,31+,32+,33-,34-,35-/m0/s1. The lowest BCUT2D eigenvalue weighted by atomic mass is 9.41. The van der Waals surface area contributed by atoms with E-state index in [0.717, 1.165) is 11.9 Å². The van der Waals surface area contributed by atoms with Crippen LogP contribution in [-0.2, 0) is 33.3 Å². The van der Waals surface area contributed by atoms with Crippen LogP contribution in [0.1, 0.15) is 78.6 Å². The summed E-state index contributed by atoms with van der Waals surface area (Å²) in [7, 11) is 0. The fourth-order valence-electron chi connectivity index (χ4n) is 11.3. The van der Waals surface area contributed by atoms with Crippen LogP contribution >= 0.6 is 0 Å². The van der Waals surface area contributed by atoms with Crippen LogP contribution in [0.4, 0.5) is 0 Å². The Labute approximate surface area is 285 Å². The van der Waals surface area contributed by atoms with Crippen LogP contribution < -0.4 is 0 Å². The number of hydrogen-bond acceptors (Lipinski definition) is 14. The van der Waals surface area contributed by atoms with Crippen molar-refractivity contribution >= 4 is 12.3 Å². The number of fused-ring (bicyclic) bond motifs is 5. The van der Waals surface area contributed by atoms with Crippen molar-refractivity contribution in [1.82, 2.24) is 0 Å². The summed E-state index contributed by atoms with van der Waals surface area (Å²) in [5.41, 5.74) is -3.26. The predicted octanol–water partition coefficient (Wildman–Crippen LogP) is -0.398. The molecule has 2 saturated heterocycles. The zero-order valence-corrected chi connectivity index (χ0v) is 28.3. The summed E-state index contributed by atoms with van der Waals surface area (Å²) in [5.74, 6) is -1.01. The zero-order valence-electron chi connectivity index (χ0n) is 28.3. The third kappa shape index (κ3) is 5.23. The van der Waals surface area contributed by atoms with E-state index >= 15 is 0 Å². The van der Waals surface area contributed by atoms with E-state index in [-0.39, 0.29) is 49.6 Å². The second kappa shape index (κ2) is 12.5. The zero-order chi connectivity index (χ0) is 35.3. The Hall–Kier alpha value is -1.56. The average Bonchev–Trinajstić information content (AvgIpc) is 3.62. The van der Waals surface area contributed by atoms with Gasteiger partial charge in [0, 0.05) is 17.9 Å². The Balaban J connectivity index is 1.22. The number of aliphatic hydroxyl groups excluding tert-OH is 6. The minimum Gasteiger partial charge on any atom is -0.458 e. The Morgan fingerprint density at radius 3 is 2.06 bits per heavy atom. The molecule has 0 radical (unpaired) electrons. The smallest absolute Gasteiger partial charge is 0.331 e. The van der Waals surface area contributed by atoms with E-state index in [1.807, 2.05) is 0 Å². The summed E-state index contributed by atoms with van der Waals surface area (Å²) in [6.07, 6.45) is -7.55. The van der Waals surface area contributed by atoms with E-state index in [2.05, 4.69) is 6.92 Å². The van der Waals surface area contributed by atoms with Crippen molar-refractivity contribution in [2.45, 2.75) is 157 Å². The van der Waals surface area contributed by atoms with Crippen LogP contribution in [0.15, 0.2) is 11.6 Å². The molecule has 7 N–H and O–H groups in total. The molecule has 4 saturated carbocycles. The first-order valence-electron chi connectivity index (χ1n) is 17.9. The number of hydrogen-bond donors (Lipinski definition) is 7. The first-order chi connectivity index (χ1) is 23.1. The molecular formula is C35H52O14. The number of carbonyl (C=O) groups is 2. The van der Waals surface area contributed by atoms with Gasteiger partial charge in [-0.15, -0.1) is 0 Å². The highest BCUT2D eigenvalue weighted by Gasteiger charge is 2.73. The van der Waals surface area contributed by atoms with Gasteiger partial charge in [0.25, 0.3) is 0 Å². The van der Waals surface area contributed by atoms with Gasteiger partial charge in [0.2, 0.25) is 0 Å². The van der Waals surface area contributed by atoms with Crippen LogP contribution in [0.5, 0.6) is 0 Å². The summed E-state index contributed by atoms with van der Waals surface area (Å²) in [6, 6.07) is 0. The number of esters is 1. The maximum atomic E-state index is 13.8. The lowest BCUT2D eigenvalue weighted by molar-refractivity contribution is -0.364. The fourth-order valence-corrected chi connectivity index (χ4v) is 11.3. The van der Waals surface area contributed by atoms with Crippen molar-refractivity contribution in [1.29, 1.82) is 0 Å². The van der Waals surface area contributed by atoms with E-state index in [9.17, 15) is 45.3 Å². The maximum Gasteiger partial charge on any atom is 0.331 e. The molecule has 6 fully saturated rings. The molecule has 0 aromatic heterocycles. The molecule has 0 bridgehead atoms. The second-order valence-corrected chi connectivity index (χ2v) is 16.2. The van der Waals surface area contributed by atoms with E-state index in [0.29, 0.717) is 38.5 Å². The number of cyclic esters (lactones) is 1. The van der Waals surface area contributed by atoms with Gasteiger partial charge in [-0.25, -0.2) is 4.79 Å². The highest BCUT2D eigenvalue weighted by atomic mass is 16.7. The van der Waals surface area contributed by atoms with Gasteiger partial charge in [-0.2, -0.15) is 0 Å². The molecule has 14 nitrogen and oxygen atoms in total. The highest BCUT2D eigenvalue weighted by Crippen LogP contribution is 2.71. The Bertz CT molecular complexity index is 1330. The molecule has 18 atom stereocenters. The van der Waals surface area contributed by atoms with Crippen molar-refractivity contribution in [2.24, 2.45) is 28.6 Å². The summed E-state index contributed by atoms with van der Waals surface area (Å²) in [6.45, 7) is 5.42. The monoisotopic (exact) mass is 696 g/mol. The van der Waals surface area contributed by atoms with Gasteiger partial charge in [-0.05, 0) is 88.5 Å². The molecule has 49 heavy (non-hydrogen) atoms. The fraction of sp³-hybridized carbons (Fsp3) is 0.886. The Kier molecular flexibility index (Phi) is 9.17. The summed E-state index contributed by atoms with van der Waals surface area (Å²) >= 11 is 0. The molecule has 0 amide bonds. The van der Waals surface area contributed by atoms with Crippen LogP contribution in [0, 0.1) is 28.6 Å². The number of rotatable bonds is 6. The van der Waals surface area contributed by atoms with Crippen molar-refractivity contribution in [2.75, 3.05) is 6.61 Å². The molecule has 0 aromatic carbocycles. The SMILES string of the molecule is C[C@@H]1O[C@@H](O[C@@H]2CC[C@]3(C=O)[C@@H]4CC[C@]5(C)[C@H](C6=CC(=O)OC6)CC[C@]5(O)[C@@H]4CC[C@]3(O[C@H]3O[C@H](C)[C@@H](O)[C@H](O)[C@@H]3O)C2)[C@H](O)[C@H](O)[C@H]1O. The predicted molar refractivity (Wildman–Crippen MR) is 166 cm³/mol. The second-order valence-electron chi connectivity index (χ2n) is 16.2. The summed E-state index contributed by atoms with van der Waals surface area (Å²) < 4.78 is 29.9.